The summed E-state index contributed by atoms with van der Waals surface area (Å²) in [6.45, 7) is 4.50. The lowest BCUT2D eigenvalue weighted by molar-refractivity contribution is -0.190. The van der Waals surface area contributed by atoms with Gasteiger partial charge in [-0.1, -0.05) is 0 Å². The Hall–Kier alpha value is -3.76. The molecule has 0 spiro atoms. The number of aromatic amines is 1. The first kappa shape index (κ1) is 28.8. The van der Waals surface area contributed by atoms with Crippen LogP contribution in [0.3, 0.4) is 0 Å². The molecule has 0 amide bonds. The predicted octanol–water partition coefficient (Wildman–Crippen LogP) is 3.45. The summed E-state index contributed by atoms with van der Waals surface area (Å²) in [5.41, 5.74) is -4.10. The van der Waals surface area contributed by atoms with E-state index in [0.29, 0.717) is 17.7 Å². The second kappa shape index (κ2) is 10.2. The highest BCUT2D eigenvalue weighted by Crippen LogP contribution is 2.33. The molecule has 1 unspecified atom stereocenters. The molecule has 3 heterocycles. The van der Waals surface area contributed by atoms with Crippen LogP contribution in [0.15, 0.2) is 10.9 Å². The standard InChI is InChI=1S/C21H21F7N6O4/c1-5-33-16(9(3)35)32-34(19(33)37)17-13(22)6-12(18(29-17)38-10(4)20(23,24)25)14(36)7-11-8(2)30-31-15(11)21(26,27)28/h6,9-10,35H,5,7H2,1-4H3,(H,30,31)/t9?,10-/m0/s1. The number of aryl methyl sites for hydroxylation is 1. The molecule has 2 N–H and O–H groups in total. The maximum absolute atomic E-state index is 15.1. The van der Waals surface area contributed by atoms with Gasteiger partial charge in [-0.15, -0.1) is 5.10 Å². The molecule has 3 aromatic heterocycles. The van der Waals surface area contributed by atoms with Crippen LogP contribution in [0, 0.1) is 12.7 Å². The van der Waals surface area contributed by atoms with Gasteiger partial charge in [0, 0.05) is 24.2 Å². The number of aliphatic hydroxyl groups excluding tert-OH is 1. The summed E-state index contributed by atoms with van der Waals surface area (Å²) in [5, 5.41) is 18.8. The van der Waals surface area contributed by atoms with Gasteiger partial charge in [0.25, 0.3) is 0 Å². The van der Waals surface area contributed by atoms with E-state index in [-0.39, 0.29) is 18.1 Å². The fraction of sp³-hybridized carbons (Fsp3) is 0.476. The number of ketones is 1. The Morgan fingerprint density at radius 2 is 1.84 bits per heavy atom. The van der Waals surface area contributed by atoms with Crippen molar-refractivity contribution in [2.45, 2.75) is 65.2 Å². The van der Waals surface area contributed by atoms with Crippen LogP contribution < -0.4 is 10.4 Å². The van der Waals surface area contributed by atoms with Crippen molar-refractivity contribution in [1.82, 2.24) is 29.5 Å². The van der Waals surface area contributed by atoms with E-state index in [1.54, 1.807) is 0 Å². The zero-order valence-corrected chi connectivity index (χ0v) is 20.2. The van der Waals surface area contributed by atoms with Crippen LogP contribution in [-0.2, 0) is 19.1 Å². The van der Waals surface area contributed by atoms with Gasteiger partial charge in [-0.25, -0.2) is 9.18 Å². The number of carbonyl (C=O) groups excluding carboxylic acids is 1. The van der Waals surface area contributed by atoms with E-state index in [4.69, 9.17) is 4.74 Å². The van der Waals surface area contributed by atoms with Crippen molar-refractivity contribution in [2.75, 3.05) is 0 Å². The van der Waals surface area contributed by atoms with Crippen LogP contribution in [0.25, 0.3) is 5.82 Å². The van der Waals surface area contributed by atoms with Crippen LogP contribution in [0.2, 0.25) is 0 Å². The normalized spacial score (nSPS) is 14.0. The number of nitrogens with zero attached hydrogens (tertiary/aromatic N) is 5. The Morgan fingerprint density at radius 1 is 1.21 bits per heavy atom. The van der Waals surface area contributed by atoms with Gasteiger partial charge in [0.15, 0.2) is 35.0 Å². The van der Waals surface area contributed by atoms with Gasteiger partial charge in [0.05, 0.1) is 5.56 Å². The zero-order chi connectivity index (χ0) is 28.7. The number of nitrogens with one attached hydrogen (secondary N) is 1. The summed E-state index contributed by atoms with van der Waals surface area (Å²) < 4.78 is 101. The molecule has 0 aliphatic heterocycles. The number of carbonyl (C=O) groups is 1. The summed E-state index contributed by atoms with van der Waals surface area (Å²) >= 11 is 0. The number of pyridine rings is 1. The lowest BCUT2D eigenvalue weighted by Gasteiger charge is -2.19. The minimum atomic E-state index is -4.97. The van der Waals surface area contributed by atoms with E-state index in [1.165, 1.54) is 20.8 Å². The summed E-state index contributed by atoms with van der Waals surface area (Å²) in [5.74, 6) is -4.94. The SMILES string of the molecule is CCn1c(C(C)O)nn(-c2nc(O[C@@H](C)C(F)(F)F)c(C(=O)Cc3c(C(F)(F)F)n[nH]c3C)cc2F)c1=O. The van der Waals surface area contributed by atoms with E-state index in [9.17, 15) is 41.0 Å². The van der Waals surface area contributed by atoms with Gasteiger partial charge >= 0.3 is 18.0 Å². The summed E-state index contributed by atoms with van der Waals surface area (Å²) in [6.07, 6.45) is -14.8. The minimum Gasteiger partial charge on any atom is -0.464 e. The minimum absolute atomic E-state index is 0.0166. The van der Waals surface area contributed by atoms with Crippen LogP contribution in [-0.4, -0.2) is 52.7 Å². The Bertz CT molecular complexity index is 1400. The van der Waals surface area contributed by atoms with Crippen molar-refractivity contribution in [1.29, 1.82) is 0 Å². The number of rotatable bonds is 8. The smallest absolute Gasteiger partial charge is 0.435 e. The van der Waals surface area contributed by atoms with Crippen LogP contribution in [0.5, 0.6) is 5.88 Å². The molecule has 0 saturated carbocycles. The topological polar surface area (TPSA) is 128 Å². The summed E-state index contributed by atoms with van der Waals surface area (Å²) in [6, 6.07) is 0.394. The molecule has 0 aliphatic carbocycles. The van der Waals surface area contributed by atoms with E-state index in [0.717, 1.165) is 4.57 Å². The first-order valence-electron chi connectivity index (χ1n) is 10.9. The predicted molar refractivity (Wildman–Crippen MR) is 114 cm³/mol. The maximum atomic E-state index is 15.1. The average Bonchev–Trinajstić information content (AvgIpc) is 3.33. The van der Waals surface area contributed by atoms with Gasteiger partial charge < -0.3 is 9.84 Å². The van der Waals surface area contributed by atoms with Gasteiger partial charge in [0.2, 0.25) is 5.88 Å². The molecule has 10 nitrogen and oxygen atoms in total. The van der Waals surface area contributed by atoms with Crippen molar-refractivity contribution in [3.8, 4) is 11.7 Å². The van der Waals surface area contributed by atoms with Crippen LogP contribution >= 0.6 is 0 Å². The molecule has 0 fully saturated rings. The van der Waals surface area contributed by atoms with Gasteiger partial charge in [0.1, 0.15) is 6.10 Å². The molecular weight excluding hydrogens is 533 g/mol. The highest BCUT2D eigenvalue weighted by molar-refractivity contribution is 5.99. The molecular formula is C21H21F7N6O4. The zero-order valence-electron chi connectivity index (χ0n) is 20.2. The van der Waals surface area contributed by atoms with Crippen molar-refractivity contribution in [3.05, 3.63) is 50.7 Å². The molecule has 3 rings (SSSR count). The Morgan fingerprint density at radius 3 is 2.34 bits per heavy atom. The largest absolute Gasteiger partial charge is 0.464 e. The highest BCUT2D eigenvalue weighted by Gasteiger charge is 2.40. The number of alkyl halides is 6. The van der Waals surface area contributed by atoms with Crippen molar-refractivity contribution in [2.24, 2.45) is 0 Å². The number of hydrogen-bond donors (Lipinski definition) is 2. The molecule has 2 atom stereocenters. The summed E-state index contributed by atoms with van der Waals surface area (Å²) in [7, 11) is 0. The van der Waals surface area contributed by atoms with Gasteiger partial charge in [-0.3, -0.25) is 14.5 Å². The van der Waals surface area contributed by atoms with E-state index < -0.39 is 76.8 Å². The quantitative estimate of drug-likeness (QED) is 0.323. The second-order valence-corrected chi connectivity index (χ2v) is 8.19. The van der Waals surface area contributed by atoms with Crippen molar-refractivity contribution in [3.63, 3.8) is 0 Å². The van der Waals surface area contributed by atoms with Crippen molar-refractivity contribution < 1.29 is 45.4 Å². The van der Waals surface area contributed by atoms with Gasteiger partial charge in [-0.2, -0.15) is 41.1 Å². The molecule has 0 aliphatic rings. The van der Waals surface area contributed by atoms with Crippen molar-refractivity contribution >= 4 is 5.78 Å². The van der Waals surface area contributed by atoms with Crippen LogP contribution in [0.4, 0.5) is 30.7 Å². The van der Waals surface area contributed by atoms with E-state index >= 15 is 4.39 Å². The highest BCUT2D eigenvalue weighted by atomic mass is 19.4. The maximum Gasteiger partial charge on any atom is 0.435 e. The molecule has 17 heteroatoms. The number of halogens is 7. The molecule has 0 aromatic carbocycles. The molecule has 0 saturated heterocycles. The third kappa shape index (κ3) is 5.56. The Labute approximate surface area is 209 Å². The lowest BCUT2D eigenvalue weighted by Crippen LogP contribution is -2.32. The van der Waals surface area contributed by atoms with E-state index in [2.05, 4.69) is 20.3 Å². The number of ether oxygens (including phenoxy) is 1. The fourth-order valence-electron chi connectivity index (χ4n) is 3.45. The monoisotopic (exact) mass is 554 g/mol. The Balaban J connectivity index is 2.18. The molecule has 38 heavy (non-hydrogen) atoms. The average molecular weight is 554 g/mol. The summed E-state index contributed by atoms with van der Waals surface area (Å²) in [4.78, 5) is 29.3. The number of hydrogen-bond acceptors (Lipinski definition) is 7. The third-order valence-corrected chi connectivity index (χ3v) is 5.43. The molecule has 0 bridgehead atoms. The number of aromatic nitrogens is 6. The number of H-pyrrole nitrogens is 1. The number of aliphatic hydroxyl groups is 1. The molecule has 208 valence electrons. The third-order valence-electron chi connectivity index (χ3n) is 5.43. The second-order valence-electron chi connectivity index (χ2n) is 8.19. The fourth-order valence-corrected chi connectivity index (χ4v) is 3.45. The number of Topliss-reactive ketones (excluding diaryl/α,β-unsaturated/α-hetero) is 1. The molecule has 0 radical (unpaired) electrons. The van der Waals surface area contributed by atoms with Gasteiger partial charge in [-0.05, 0) is 33.8 Å². The Kier molecular flexibility index (Phi) is 7.72. The molecule has 3 aromatic rings. The first-order chi connectivity index (χ1) is 17.5. The van der Waals surface area contributed by atoms with E-state index in [1.807, 2.05) is 0 Å². The first-order valence-corrected chi connectivity index (χ1v) is 10.9. The van der Waals surface area contributed by atoms with Crippen LogP contribution in [0.1, 0.15) is 60.0 Å². The lowest BCUT2D eigenvalue weighted by atomic mass is 10.0.